The van der Waals surface area contributed by atoms with Gasteiger partial charge in [-0.15, -0.1) is 0 Å². The van der Waals surface area contributed by atoms with Crippen LogP contribution in [0.25, 0.3) is 0 Å². The molecule has 0 fully saturated rings. The molecule has 0 unspecified atom stereocenters. The van der Waals surface area contributed by atoms with Crippen LogP contribution in [-0.2, 0) is 4.79 Å². The van der Waals surface area contributed by atoms with Crippen molar-refractivity contribution in [2.75, 3.05) is 0 Å². The van der Waals surface area contributed by atoms with Gasteiger partial charge in [0.05, 0.1) is 0 Å². The smallest absolute Gasteiger partial charge is 0.460 e. The molecule has 0 aliphatic heterocycles. The van der Waals surface area contributed by atoms with Crippen LogP contribution in [0.1, 0.15) is 6.42 Å². The average Bonchev–Trinajstić information content (AvgIpc) is 2.58. The first kappa shape index (κ1) is 33.0. The first-order valence-electron chi connectivity index (χ1n) is 7.35. The van der Waals surface area contributed by atoms with Crippen molar-refractivity contribution in [1.82, 2.24) is 0 Å². The minimum absolute atomic E-state index is 3.27. The SMILES string of the molecule is O=[13C](O)[13CH2]C(F)(F)C(F)(F)C(F)(F)C(F)(F)C(F)(F)C(F)(F)C(F)(F)C(F)(F)C(F)(F)C(F)(F)F. The highest BCUT2D eigenvalue weighted by atomic mass is 19.4. The largest absolute Gasteiger partial charge is 0.481 e. The third kappa shape index (κ3) is 4.08. The molecule has 0 atom stereocenters. The Hall–Kier alpha value is -2.00. The van der Waals surface area contributed by atoms with Crippen molar-refractivity contribution >= 4 is 5.97 Å². The number of hydrogen-bond acceptors (Lipinski definition) is 1. The molecule has 35 heavy (non-hydrogen) atoms. The lowest BCUT2D eigenvalue weighted by Crippen LogP contribution is -2.76. The number of aliphatic carboxylic acids is 1. The molecule has 0 aliphatic rings. The van der Waals surface area contributed by atoms with Gasteiger partial charge in [0, 0.05) is 0 Å². The lowest BCUT2D eigenvalue weighted by molar-refractivity contribution is -0.474. The van der Waals surface area contributed by atoms with E-state index < -0.39 is 71.9 Å². The first-order valence-corrected chi connectivity index (χ1v) is 7.35. The van der Waals surface area contributed by atoms with Gasteiger partial charge in [-0.1, -0.05) is 0 Å². The predicted molar refractivity (Wildman–Crippen MR) is 62.8 cm³/mol. The molecule has 0 radical (unpaired) electrons. The molecule has 0 aromatic rings. The zero-order chi connectivity index (χ0) is 29.3. The molecule has 0 amide bonds. The summed E-state index contributed by atoms with van der Waals surface area (Å²) in [5.74, 6) is -81.5. The van der Waals surface area contributed by atoms with Crippen molar-refractivity contribution in [3.05, 3.63) is 0 Å². The number of carboxylic acids is 1. The zero-order valence-electron chi connectivity index (χ0n) is 15.0. The number of carboxylic acid groups (broad SMARTS) is 1. The quantitative estimate of drug-likeness (QED) is 0.230. The second-order valence-electron chi connectivity index (χ2n) is 6.37. The van der Waals surface area contributed by atoms with Crippen LogP contribution in [0.3, 0.4) is 0 Å². The number of hydrogen-bond donors (Lipinski definition) is 1. The molecule has 210 valence electrons. The van der Waals surface area contributed by atoms with E-state index >= 15 is 0 Å². The molecule has 0 aliphatic carbocycles. The van der Waals surface area contributed by atoms with Gasteiger partial charge in [-0.2, -0.15) is 92.2 Å². The van der Waals surface area contributed by atoms with Crippen molar-refractivity contribution in [2.24, 2.45) is 0 Å². The number of alkyl halides is 21. The lowest BCUT2D eigenvalue weighted by Gasteiger charge is -2.44. The molecule has 0 aromatic heterocycles. The molecule has 0 rings (SSSR count). The summed E-state index contributed by atoms with van der Waals surface area (Å²) in [6.07, 6.45) is -11.7. The van der Waals surface area contributed by atoms with Gasteiger partial charge >= 0.3 is 65.4 Å². The molecule has 0 bridgehead atoms. The van der Waals surface area contributed by atoms with E-state index in [1.807, 2.05) is 0 Å². The third-order valence-electron chi connectivity index (χ3n) is 3.95. The summed E-state index contributed by atoms with van der Waals surface area (Å²) in [6.45, 7) is 0. The molecular weight excluding hydrogens is 577 g/mol. The van der Waals surface area contributed by atoms with E-state index in [4.69, 9.17) is 5.11 Å². The van der Waals surface area contributed by atoms with Gasteiger partial charge < -0.3 is 5.11 Å². The van der Waals surface area contributed by atoms with Crippen LogP contribution in [0.5, 0.6) is 0 Å². The molecular formula is C12H3F21O2. The first-order chi connectivity index (χ1) is 14.7. The zero-order valence-corrected chi connectivity index (χ0v) is 15.0. The fourth-order valence-electron chi connectivity index (χ4n) is 1.89. The highest BCUT2D eigenvalue weighted by Crippen LogP contribution is 2.66. The van der Waals surface area contributed by atoms with Crippen LogP contribution in [0.15, 0.2) is 0 Å². The van der Waals surface area contributed by atoms with E-state index in [1.54, 1.807) is 0 Å². The molecule has 0 aromatic carbocycles. The Kier molecular flexibility index (Phi) is 7.54. The fourth-order valence-corrected chi connectivity index (χ4v) is 1.89. The minimum Gasteiger partial charge on any atom is -0.481 e. The van der Waals surface area contributed by atoms with Crippen LogP contribution >= 0.6 is 0 Å². The maximum atomic E-state index is 13.4. The second kappa shape index (κ2) is 8.00. The van der Waals surface area contributed by atoms with Crippen molar-refractivity contribution < 1.29 is 102 Å². The van der Waals surface area contributed by atoms with Crippen LogP contribution < -0.4 is 0 Å². The molecule has 0 saturated carbocycles. The second-order valence-corrected chi connectivity index (χ2v) is 6.37. The van der Waals surface area contributed by atoms with Gasteiger partial charge in [-0.3, -0.25) is 4.79 Å². The Morgan fingerprint density at radius 1 is 0.400 bits per heavy atom. The van der Waals surface area contributed by atoms with Crippen molar-refractivity contribution in [1.29, 1.82) is 0 Å². The monoisotopic (exact) mass is 580 g/mol. The summed E-state index contributed by atoms with van der Waals surface area (Å²) in [5.41, 5.74) is 0. The van der Waals surface area contributed by atoms with Gasteiger partial charge in [0.2, 0.25) is 0 Å². The highest BCUT2D eigenvalue weighted by molar-refractivity contribution is 5.68. The van der Waals surface area contributed by atoms with Gasteiger partial charge in [-0.25, -0.2) is 0 Å². The van der Waals surface area contributed by atoms with E-state index in [1.165, 1.54) is 0 Å². The summed E-state index contributed by atoms with van der Waals surface area (Å²) in [7, 11) is 0. The number of rotatable bonds is 10. The average molecular weight is 580 g/mol. The van der Waals surface area contributed by atoms with E-state index in [0.717, 1.165) is 0 Å². The Balaban J connectivity index is 7.05. The molecule has 23 heteroatoms. The lowest BCUT2D eigenvalue weighted by atomic mass is 9.87. The maximum absolute atomic E-state index is 13.4. The van der Waals surface area contributed by atoms with Crippen LogP contribution in [0, 0.1) is 0 Å². The highest BCUT2D eigenvalue weighted by Gasteiger charge is 2.97. The summed E-state index contributed by atoms with van der Waals surface area (Å²) in [6, 6.07) is 0. The maximum Gasteiger partial charge on any atom is 0.460 e. The van der Waals surface area contributed by atoms with Gasteiger partial charge in [0.1, 0.15) is 6.42 Å². The summed E-state index contributed by atoms with van der Waals surface area (Å²) < 4.78 is 272. The normalized spacial score (nSPS) is 16.5. The van der Waals surface area contributed by atoms with E-state index in [0.29, 0.717) is 0 Å². The summed E-state index contributed by atoms with van der Waals surface area (Å²) in [4.78, 5) is 9.95. The Morgan fingerprint density at radius 3 is 0.800 bits per heavy atom. The Morgan fingerprint density at radius 2 is 0.600 bits per heavy atom. The molecule has 1 N–H and O–H groups in total. The number of carbonyl (C=O) groups is 1. The van der Waals surface area contributed by atoms with Gasteiger partial charge in [0.25, 0.3) is 0 Å². The Labute approximate surface area is 175 Å². The molecule has 0 spiro atoms. The standard InChI is InChI=1S/C12H3F21O2/c13-3(14,1-2(34)35)4(15,16)5(17,18)6(19,20)7(21,22)8(23,24)9(25,26)10(27,28)11(29,30)12(31,32)33/h1H2,(H,34,35)/i1+1,2+1. The van der Waals surface area contributed by atoms with E-state index in [-0.39, 0.29) is 0 Å². The van der Waals surface area contributed by atoms with Crippen LogP contribution in [0.4, 0.5) is 92.2 Å². The van der Waals surface area contributed by atoms with Crippen molar-refractivity contribution in [3.63, 3.8) is 0 Å². The van der Waals surface area contributed by atoms with E-state index in [2.05, 4.69) is 0 Å². The van der Waals surface area contributed by atoms with Crippen LogP contribution in [0.2, 0.25) is 0 Å². The number of halogens is 21. The fraction of sp³-hybridized carbons (Fsp3) is 0.917. The third-order valence-corrected chi connectivity index (χ3v) is 3.95. The van der Waals surface area contributed by atoms with Gasteiger partial charge in [-0.05, 0) is 0 Å². The van der Waals surface area contributed by atoms with E-state index in [9.17, 15) is 97.0 Å². The topological polar surface area (TPSA) is 37.3 Å². The predicted octanol–water partition coefficient (Wildman–Crippen LogP) is 6.74. The van der Waals surface area contributed by atoms with Crippen LogP contribution in [-0.4, -0.2) is 70.6 Å². The van der Waals surface area contributed by atoms with Crippen molar-refractivity contribution in [2.45, 2.75) is 65.9 Å². The molecule has 0 saturated heterocycles. The summed E-state index contributed by atoms with van der Waals surface area (Å²) >= 11 is 0. The van der Waals surface area contributed by atoms with Crippen molar-refractivity contribution in [3.8, 4) is 0 Å². The Bertz CT molecular complexity index is 806. The molecule has 2 nitrogen and oxygen atoms in total. The summed E-state index contributed by atoms with van der Waals surface area (Å²) in [5, 5.41) is 7.85. The minimum atomic E-state index is -9.25. The van der Waals surface area contributed by atoms with Gasteiger partial charge in [0.15, 0.2) is 0 Å². The molecule has 0 heterocycles.